The number of allylic oxidation sites excluding steroid dienone is 28. The second-order valence-corrected chi connectivity index (χ2v) is 21.3. The minimum atomic E-state index is -0.810. The normalized spacial score (nSPS) is 13.3. The molecule has 6 nitrogen and oxygen atoms in total. The Morgan fingerprint density at radius 3 is 0.793 bits per heavy atom. The Morgan fingerprint density at radius 2 is 0.488 bits per heavy atom. The van der Waals surface area contributed by atoms with E-state index in [0.717, 1.165) is 135 Å². The van der Waals surface area contributed by atoms with Gasteiger partial charge in [-0.1, -0.05) is 294 Å². The molecule has 0 aliphatic heterocycles. The van der Waals surface area contributed by atoms with Crippen LogP contribution in [-0.4, -0.2) is 37.2 Å². The number of ether oxygens (including phenoxy) is 3. The van der Waals surface area contributed by atoms with Crippen LogP contribution in [0.5, 0.6) is 0 Å². The minimum absolute atomic E-state index is 0.102. The number of esters is 3. The molecule has 0 N–H and O–H groups in total. The lowest BCUT2D eigenvalue weighted by Gasteiger charge is -2.18. The van der Waals surface area contributed by atoms with Gasteiger partial charge in [-0.25, -0.2) is 0 Å². The first-order chi connectivity index (χ1) is 40.5. The topological polar surface area (TPSA) is 78.9 Å². The van der Waals surface area contributed by atoms with Gasteiger partial charge in [0.25, 0.3) is 0 Å². The van der Waals surface area contributed by atoms with Crippen LogP contribution in [0.25, 0.3) is 0 Å². The third-order valence-electron chi connectivity index (χ3n) is 13.5. The number of hydrogen-bond donors (Lipinski definition) is 0. The highest BCUT2D eigenvalue weighted by atomic mass is 16.6. The minimum Gasteiger partial charge on any atom is -0.462 e. The van der Waals surface area contributed by atoms with Gasteiger partial charge < -0.3 is 14.2 Å². The van der Waals surface area contributed by atoms with Gasteiger partial charge in [0.2, 0.25) is 0 Å². The van der Waals surface area contributed by atoms with Gasteiger partial charge in [-0.15, -0.1) is 0 Å². The molecule has 0 aromatic heterocycles. The average Bonchev–Trinajstić information content (AvgIpc) is 3.47. The average molecular weight is 1130 g/mol. The fourth-order valence-corrected chi connectivity index (χ4v) is 8.59. The molecule has 0 aromatic rings. The van der Waals surface area contributed by atoms with E-state index in [4.69, 9.17) is 14.2 Å². The molecular weight excluding hydrogens is 1010 g/mol. The maximum atomic E-state index is 12.9. The Bertz CT molecular complexity index is 1870. The molecule has 0 aromatic carbocycles. The predicted octanol–water partition coefficient (Wildman–Crippen LogP) is 23.0. The Kier molecular flexibility index (Phi) is 63.9. The zero-order valence-corrected chi connectivity index (χ0v) is 52.7. The van der Waals surface area contributed by atoms with Crippen molar-refractivity contribution >= 4 is 17.9 Å². The van der Waals surface area contributed by atoms with Crippen molar-refractivity contribution in [1.82, 2.24) is 0 Å². The molecule has 1 unspecified atom stereocenters. The second-order valence-electron chi connectivity index (χ2n) is 21.3. The van der Waals surface area contributed by atoms with E-state index in [9.17, 15) is 14.4 Å². The molecule has 0 saturated heterocycles. The summed E-state index contributed by atoms with van der Waals surface area (Å²) in [6.07, 6.45) is 101. The summed E-state index contributed by atoms with van der Waals surface area (Å²) in [6.45, 7) is 6.33. The number of hydrogen-bond acceptors (Lipinski definition) is 6. The van der Waals surface area contributed by atoms with Crippen LogP contribution in [0, 0.1) is 0 Å². The molecule has 0 rings (SSSR count). The number of rotatable bonds is 58. The van der Waals surface area contributed by atoms with E-state index in [2.05, 4.69) is 191 Å². The quantitative estimate of drug-likeness (QED) is 0.0261. The molecule has 0 spiro atoms. The van der Waals surface area contributed by atoms with Gasteiger partial charge in [-0.05, 0) is 128 Å². The van der Waals surface area contributed by atoms with E-state index in [0.29, 0.717) is 19.3 Å². The van der Waals surface area contributed by atoms with Crippen LogP contribution in [0.15, 0.2) is 170 Å². The lowest BCUT2D eigenvalue weighted by Crippen LogP contribution is -2.30. The van der Waals surface area contributed by atoms with Crippen LogP contribution >= 0.6 is 0 Å². The molecule has 0 heterocycles. The summed E-state index contributed by atoms with van der Waals surface area (Å²) < 4.78 is 16.8. The van der Waals surface area contributed by atoms with Gasteiger partial charge in [0.15, 0.2) is 6.10 Å². The summed E-state index contributed by atoms with van der Waals surface area (Å²) in [5.74, 6) is -0.976. The van der Waals surface area contributed by atoms with Crippen molar-refractivity contribution in [2.45, 2.75) is 277 Å². The van der Waals surface area contributed by atoms with Crippen molar-refractivity contribution < 1.29 is 28.6 Å². The summed E-state index contributed by atoms with van der Waals surface area (Å²) in [5.41, 5.74) is 0. The molecule has 6 heteroatoms. The van der Waals surface area contributed by atoms with Crippen LogP contribution in [-0.2, 0) is 28.6 Å². The van der Waals surface area contributed by atoms with Gasteiger partial charge in [0.1, 0.15) is 13.2 Å². The zero-order valence-electron chi connectivity index (χ0n) is 52.7. The second kappa shape index (κ2) is 68.3. The van der Waals surface area contributed by atoms with Crippen LogP contribution in [0.2, 0.25) is 0 Å². The van der Waals surface area contributed by atoms with Crippen molar-refractivity contribution in [2.24, 2.45) is 0 Å². The Labute approximate surface area is 504 Å². The van der Waals surface area contributed by atoms with Gasteiger partial charge in [-0.2, -0.15) is 0 Å². The smallest absolute Gasteiger partial charge is 0.306 e. The number of carbonyl (C=O) groups excluding carboxylic acids is 3. The maximum Gasteiger partial charge on any atom is 0.306 e. The molecule has 0 fully saturated rings. The lowest BCUT2D eigenvalue weighted by atomic mass is 10.0. The fraction of sp³-hybridized carbons (Fsp3) is 0.592. The highest BCUT2D eigenvalue weighted by molar-refractivity contribution is 5.71. The molecule has 1 atom stereocenters. The SMILES string of the molecule is CC/C=C\C/C=C\C/C=C\C/C=C\C/C=C\C/C=C\C/C=C\C/C=C\C/C=C\CCCC(=O)OCC(COC(=O)CCCCCCCCCC)OC(=O)CCCCCCCCCCCCC/C=C\C/C=C\C/C=C\C/C=C\C/C=C\CC. The van der Waals surface area contributed by atoms with Crippen molar-refractivity contribution in [3.05, 3.63) is 170 Å². The maximum absolute atomic E-state index is 12.9. The van der Waals surface area contributed by atoms with Crippen LogP contribution in [0.1, 0.15) is 271 Å². The summed E-state index contributed by atoms with van der Waals surface area (Å²) >= 11 is 0. The molecule has 0 amide bonds. The fourth-order valence-electron chi connectivity index (χ4n) is 8.59. The van der Waals surface area contributed by atoms with Gasteiger partial charge in [0, 0.05) is 19.3 Å². The summed E-state index contributed by atoms with van der Waals surface area (Å²) in [6, 6.07) is 0. The molecule has 460 valence electrons. The standard InChI is InChI=1S/C76H120O6/c1-4-7-10-13-16-19-21-23-25-27-29-31-33-35-37-38-40-41-43-45-47-49-51-53-55-57-60-63-66-69-75(78)81-72-73(71-80-74(77)68-65-62-59-18-15-12-9-6-3)82-76(79)70-67-64-61-58-56-54-52-50-48-46-44-42-39-36-34-32-30-28-26-24-22-20-17-14-11-8-5-2/h7-8,10-11,16-17,19-20,23-26,29-32,35-37,39-41,45,47,51,53,57,60,73H,4-6,9,12-15,18,21-22,27-28,33-34,38,42-44,46,48-50,52,54-56,58-59,61-72H2,1-3H3/b10-7-,11-8-,19-16-,20-17-,25-23-,26-24-,31-29-,32-30-,37-35-,39-36-,41-40-,47-45-,53-51-,60-57-. The first kappa shape index (κ1) is 76.8. The first-order valence-corrected chi connectivity index (χ1v) is 33.1. The van der Waals surface area contributed by atoms with Crippen molar-refractivity contribution in [3.8, 4) is 0 Å². The van der Waals surface area contributed by atoms with Gasteiger partial charge in [0.05, 0.1) is 0 Å². The summed E-state index contributed by atoms with van der Waals surface area (Å²) in [7, 11) is 0. The molecule has 0 saturated carbocycles. The first-order valence-electron chi connectivity index (χ1n) is 33.1. The van der Waals surface area contributed by atoms with Crippen molar-refractivity contribution in [3.63, 3.8) is 0 Å². The van der Waals surface area contributed by atoms with E-state index in [-0.39, 0.29) is 37.5 Å². The Balaban J connectivity index is 4.31. The largest absolute Gasteiger partial charge is 0.462 e. The molecule has 0 radical (unpaired) electrons. The monoisotopic (exact) mass is 1130 g/mol. The van der Waals surface area contributed by atoms with E-state index in [1.165, 1.54) is 89.9 Å². The molecule has 0 aliphatic carbocycles. The third kappa shape index (κ3) is 65.6. The van der Waals surface area contributed by atoms with Crippen LogP contribution < -0.4 is 0 Å². The molecule has 0 bridgehead atoms. The van der Waals surface area contributed by atoms with Crippen LogP contribution in [0.4, 0.5) is 0 Å². The number of carbonyl (C=O) groups is 3. The summed E-state index contributed by atoms with van der Waals surface area (Å²) in [5, 5.41) is 0. The van der Waals surface area contributed by atoms with Crippen molar-refractivity contribution in [1.29, 1.82) is 0 Å². The molecule has 0 aliphatic rings. The molecule has 82 heavy (non-hydrogen) atoms. The van der Waals surface area contributed by atoms with E-state index >= 15 is 0 Å². The molecular formula is C76H120O6. The predicted molar refractivity (Wildman–Crippen MR) is 357 cm³/mol. The van der Waals surface area contributed by atoms with E-state index < -0.39 is 6.10 Å². The van der Waals surface area contributed by atoms with Crippen LogP contribution in [0.3, 0.4) is 0 Å². The third-order valence-corrected chi connectivity index (χ3v) is 13.5. The van der Waals surface area contributed by atoms with E-state index in [1.54, 1.807) is 0 Å². The van der Waals surface area contributed by atoms with E-state index in [1.807, 2.05) is 0 Å². The lowest BCUT2D eigenvalue weighted by molar-refractivity contribution is -0.167. The van der Waals surface area contributed by atoms with Gasteiger partial charge in [-0.3, -0.25) is 14.4 Å². The Hall–Kier alpha value is -5.23. The highest BCUT2D eigenvalue weighted by Gasteiger charge is 2.19. The van der Waals surface area contributed by atoms with Gasteiger partial charge >= 0.3 is 17.9 Å². The zero-order chi connectivity index (χ0) is 59.2. The highest BCUT2D eigenvalue weighted by Crippen LogP contribution is 2.15. The number of unbranched alkanes of at least 4 members (excludes halogenated alkanes) is 19. The summed E-state index contributed by atoms with van der Waals surface area (Å²) in [4.78, 5) is 38.2. The Morgan fingerprint density at radius 1 is 0.256 bits per heavy atom. The van der Waals surface area contributed by atoms with Crippen molar-refractivity contribution in [2.75, 3.05) is 13.2 Å².